The topological polar surface area (TPSA) is 55.6 Å². The second kappa shape index (κ2) is 5.84. The number of rotatable bonds is 3. The van der Waals surface area contributed by atoms with Crippen LogP contribution in [-0.4, -0.2) is 20.1 Å². The predicted octanol–water partition coefficient (Wildman–Crippen LogP) is 3.21. The van der Waals surface area contributed by atoms with E-state index >= 15 is 0 Å². The number of hydrogen-bond acceptors (Lipinski definition) is 3. The van der Waals surface area contributed by atoms with E-state index in [1.165, 1.54) is 4.90 Å². The first-order valence-corrected chi connectivity index (χ1v) is 6.38. The molecule has 104 valence electrons. The number of nitrogens with two attached hydrogens (primary N) is 1. The average molecular weight is 291 g/mol. The van der Waals surface area contributed by atoms with Gasteiger partial charge in [0.1, 0.15) is 5.75 Å². The van der Waals surface area contributed by atoms with Gasteiger partial charge in [0.25, 0.3) is 5.91 Å². The molecule has 5 heteroatoms. The molecule has 0 aliphatic rings. The molecule has 1 amide bonds. The normalized spacial score (nSPS) is 10.2. The lowest BCUT2D eigenvalue weighted by Gasteiger charge is -2.19. The Morgan fingerprint density at radius 3 is 2.70 bits per heavy atom. The Kier molecular flexibility index (Phi) is 4.15. The number of hydrogen-bond donors (Lipinski definition) is 1. The Hall–Kier alpha value is -2.20. The molecule has 4 nitrogen and oxygen atoms in total. The fourth-order valence-electron chi connectivity index (χ4n) is 1.83. The van der Waals surface area contributed by atoms with Gasteiger partial charge >= 0.3 is 0 Å². The SMILES string of the molecule is COc1cccc(N(C)C(=O)c2cc(Cl)ccc2N)c1. The van der Waals surface area contributed by atoms with Crippen molar-refractivity contribution in [2.75, 3.05) is 24.8 Å². The lowest BCUT2D eigenvalue weighted by molar-refractivity contribution is 0.0994. The van der Waals surface area contributed by atoms with Crippen molar-refractivity contribution in [3.8, 4) is 5.75 Å². The summed E-state index contributed by atoms with van der Waals surface area (Å²) >= 11 is 5.91. The zero-order valence-electron chi connectivity index (χ0n) is 11.3. The van der Waals surface area contributed by atoms with Crippen LogP contribution < -0.4 is 15.4 Å². The number of halogens is 1. The van der Waals surface area contributed by atoms with Crippen molar-refractivity contribution in [3.05, 3.63) is 53.1 Å². The summed E-state index contributed by atoms with van der Waals surface area (Å²) < 4.78 is 5.15. The van der Waals surface area contributed by atoms with E-state index in [1.807, 2.05) is 18.2 Å². The first kappa shape index (κ1) is 14.2. The maximum absolute atomic E-state index is 12.5. The zero-order chi connectivity index (χ0) is 14.7. The van der Waals surface area contributed by atoms with Crippen molar-refractivity contribution in [2.24, 2.45) is 0 Å². The number of benzene rings is 2. The third-order valence-corrected chi connectivity index (χ3v) is 3.23. The van der Waals surface area contributed by atoms with Crippen molar-refractivity contribution >= 4 is 28.9 Å². The minimum absolute atomic E-state index is 0.224. The second-order valence-corrected chi connectivity index (χ2v) is 4.73. The number of carbonyl (C=O) groups excluding carboxylic acids is 1. The molecule has 0 saturated heterocycles. The minimum atomic E-state index is -0.224. The van der Waals surface area contributed by atoms with Gasteiger partial charge in [0.15, 0.2) is 0 Å². The average Bonchev–Trinajstić information content (AvgIpc) is 2.48. The Balaban J connectivity index is 2.34. The van der Waals surface area contributed by atoms with Crippen LogP contribution in [0.3, 0.4) is 0 Å². The van der Waals surface area contributed by atoms with Crippen LogP contribution in [0.15, 0.2) is 42.5 Å². The Morgan fingerprint density at radius 1 is 1.25 bits per heavy atom. The maximum Gasteiger partial charge on any atom is 0.260 e. The Bertz CT molecular complexity index is 644. The quantitative estimate of drug-likeness (QED) is 0.883. The van der Waals surface area contributed by atoms with Crippen LogP contribution in [0.1, 0.15) is 10.4 Å². The van der Waals surface area contributed by atoms with E-state index < -0.39 is 0 Å². The van der Waals surface area contributed by atoms with E-state index in [-0.39, 0.29) is 5.91 Å². The summed E-state index contributed by atoms with van der Waals surface area (Å²) in [6, 6.07) is 12.1. The van der Waals surface area contributed by atoms with Crippen LogP contribution in [-0.2, 0) is 0 Å². The fourth-order valence-corrected chi connectivity index (χ4v) is 2.00. The van der Waals surface area contributed by atoms with Gasteiger partial charge < -0.3 is 15.4 Å². The third kappa shape index (κ3) is 2.86. The fraction of sp³-hybridized carbons (Fsp3) is 0.133. The van der Waals surface area contributed by atoms with Gasteiger partial charge in [-0.05, 0) is 30.3 Å². The molecule has 2 rings (SSSR count). The largest absolute Gasteiger partial charge is 0.497 e. The van der Waals surface area contributed by atoms with E-state index in [0.717, 1.165) is 0 Å². The zero-order valence-corrected chi connectivity index (χ0v) is 12.0. The molecule has 0 radical (unpaired) electrons. The summed E-state index contributed by atoms with van der Waals surface area (Å²) in [6.45, 7) is 0. The first-order chi connectivity index (χ1) is 9.52. The second-order valence-electron chi connectivity index (χ2n) is 4.30. The Morgan fingerprint density at radius 2 is 2.00 bits per heavy atom. The number of methoxy groups -OCH3 is 1. The number of anilines is 2. The lowest BCUT2D eigenvalue weighted by Crippen LogP contribution is -2.27. The van der Waals surface area contributed by atoms with Crippen molar-refractivity contribution in [3.63, 3.8) is 0 Å². The molecule has 0 fully saturated rings. The van der Waals surface area contributed by atoms with Gasteiger partial charge in [-0.3, -0.25) is 4.79 Å². The highest BCUT2D eigenvalue weighted by Gasteiger charge is 2.17. The Labute approximate surface area is 122 Å². The number of carbonyl (C=O) groups is 1. The van der Waals surface area contributed by atoms with Crippen LogP contribution in [0, 0.1) is 0 Å². The van der Waals surface area contributed by atoms with Gasteiger partial charge in [-0.25, -0.2) is 0 Å². The van der Waals surface area contributed by atoms with E-state index in [1.54, 1.807) is 38.4 Å². The monoisotopic (exact) mass is 290 g/mol. The molecule has 0 saturated carbocycles. The maximum atomic E-state index is 12.5. The summed E-state index contributed by atoms with van der Waals surface area (Å²) in [6.07, 6.45) is 0. The summed E-state index contributed by atoms with van der Waals surface area (Å²) in [4.78, 5) is 14.0. The molecule has 2 aromatic rings. The van der Waals surface area contributed by atoms with E-state index in [0.29, 0.717) is 27.7 Å². The molecule has 2 aromatic carbocycles. The molecule has 0 spiro atoms. The molecule has 0 aromatic heterocycles. The van der Waals surface area contributed by atoms with Gasteiger partial charge in [-0.1, -0.05) is 17.7 Å². The molecule has 0 aliphatic carbocycles. The standard InChI is InChI=1S/C15H15ClN2O2/c1-18(11-4-3-5-12(9-11)20-2)15(19)13-8-10(16)6-7-14(13)17/h3-9H,17H2,1-2H3. The number of nitrogen functional groups attached to an aromatic ring is 1. The smallest absolute Gasteiger partial charge is 0.260 e. The molecule has 0 unspecified atom stereocenters. The summed E-state index contributed by atoms with van der Waals surface area (Å²) in [7, 11) is 3.26. The molecule has 0 bridgehead atoms. The van der Waals surface area contributed by atoms with Crippen LogP contribution in [0.25, 0.3) is 0 Å². The molecule has 0 heterocycles. The van der Waals surface area contributed by atoms with Gasteiger partial charge in [-0.2, -0.15) is 0 Å². The van der Waals surface area contributed by atoms with Crippen LogP contribution in [0.4, 0.5) is 11.4 Å². The van der Waals surface area contributed by atoms with E-state index in [9.17, 15) is 4.79 Å². The summed E-state index contributed by atoms with van der Waals surface area (Å²) in [5, 5.41) is 0.474. The van der Waals surface area contributed by atoms with Gasteiger partial charge in [-0.15, -0.1) is 0 Å². The third-order valence-electron chi connectivity index (χ3n) is 2.99. The highest BCUT2D eigenvalue weighted by molar-refractivity contribution is 6.31. The number of ether oxygens (including phenoxy) is 1. The molecular weight excluding hydrogens is 276 g/mol. The van der Waals surface area contributed by atoms with Crippen molar-refractivity contribution in [1.29, 1.82) is 0 Å². The highest BCUT2D eigenvalue weighted by Crippen LogP contribution is 2.24. The minimum Gasteiger partial charge on any atom is -0.497 e. The van der Waals surface area contributed by atoms with E-state index in [2.05, 4.69) is 0 Å². The molecular formula is C15H15ClN2O2. The summed E-state index contributed by atoms with van der Waals surface area (Å²) in [5.41, 5.74) is 7.32. The van der Waals surface area contributed by atoms with Crippen molar-refractivity contribution in [1.82, 2.24) is 0 Å². The number of nitrogens with zero attached hydrogens (tertiary/aromatic N) is 1. The van der Waals surface area contributed by atoms with E-state index in [4.69, 9.17) is 22.1 Å². The molecule has 0 aliphatic heterocycles. The molecule has 2 N–H and O–H groups in total. The molecule has 0 atom stereocenters. The van der Waals surface area contributed by atoms with Gasteiger partial charge in [0.05, 0.1) is 12.7 Å². The number of amides is 1. The predicted molar refractivity (Wildman–Crippen MR) is 81.6 cm³/mol. The van der Waals surface area contributed by atoms with Crippen LogP contribution in [0.5, 0.6) is 5.75 Å². The summed E-state index contributed by atoms with van der Waals surface area (Å²) in [5.74, 6) is 0.458. The van der Waals surface area contributed by atoms with Crippen LogP contribution >= 0.6 is 11.6 Å². The first-order valence-electron chi connectivity index (χ1n) is 6.00. The van der Waals surface area contributed by atoms with Gasteiger partial charge in [0, 0.05) is 29.5 Å². The van der Waals surface area contributed by atoms with Crippen molar-refractivity contribution < 1.29 is 9.53 Å². The van der Waals surface area contributed by atoms with Gasteiger partial charge in [0.2, 0.25) is 0 Å². The van der Waals surface area contributed by atoms with Crippen molar-refractivity contribution in [2.45, 2.75) is 0 Å². The molecule has 20 heavy (non-hydrogen) atoms. The highest BCUT2D eigenvalue weighted by atomic mass is 35.5. The lowest BCUT2D eigenvalue weighted by atomic mass is 10.1. The van der Waals surface area contributed by atoms with Crippen LogP contribution in [0.2, 0.25) is 5.02 Å².